The van der Waals surface area contributed by atoms with E-state index < -0.39 is 0 Å². The van der Waals surface area contributed by atoms with Crippen LogP contribution in [-0.2, 0) is 17.9 Å². The molecule has 116 valence electrons. The molecule has 0 heterocycles. The second-order valence-corrected chi connectivity index (χ2v) is 5.42. The molecule has 22 heavy (non-hydrogen) atoms. The lowest BCUT2D eigenvalue weighted by molar-refractivity contribution is -0.125. The van der Waals surface area contributed by atoms with Gasteiger partial charge in [0.15, 0.2) is 0 Å². The number of carbonyl (C=O) groups excluding carboxylic acids is 1. The lowest BCUT2D eigenvalue weighted by Crippen LogP contribution is -2.42. The summed E-state index contributed by atoms with van der Waals surface area (Å²) >= 11 is 0. The number of benzene rings is 2. The average Bonchev–Trinajstić information content (AvgIpc) is 2.55. The SMILES string of the molecule is CC(C(=O)NCc1ccccc1)N(C)Cc1ccc(F)cc1. The maximum absolute atomic E-state index is 12.9. The topological polar surface area (TPSA) is 32.3 Å². The fraction of sp³-hybridized carbons (Fsp3) is 0.278. The number of halogens is 1. The molecule has 1 atom stereocenters. The molecule has 0 aliphatic heterocycles. The molecule has 0 bridgehead atoms. The largest absolute Gasteiger partial charge is 0.351 e. The summed E-state index contributed by atoms with van der Waals surface area (Å²) in [6.45, 7) is 2.98. The number of amides is 1. The first-order chi connectivity index (χ1) is 10.6. The monoisotopic (exact) mass is 300 g/mol. The van der Waals surface area contributed by atoms with Crippen molar-refractivity contribution in [3.05, 3.63) is 71.5 Å². The Bertz CT molecular complexity index is 598. The Labute approximate surface area is 130 Å². The Balaban J connectivity index is 1.85. The lowest BCUT2D eigenvalue weighted by Gasteiger charge is -2.24. The lowest BCUT2D eigenvalue weighted by atomic mass is 10.1. The third-order valence-corrected chi connectivity index (χ3v) is 3.70. The molecule has 1 N–H and O–H groups in total. The van der Waals surface area contributed by atoms with E-state index in [2.05, 4.69) is 5.32 Å². The highest BCUT2D eigenvalue weighted by molar-refractivity contribution is 5.81. The molecule has 0 aromatic heterocycles. The normalized spacial score (nSPS) is 12.2. The number of nitrogens with zero attached hydrogens (tertiary/aromatic N) is 1. The van der Waals surface area contributed by atoms with Crippen LogP contribution in [-0.4, -0.2) is 23.9 Å². The van der Waals surface area contributed by atoms with E-state index in [0.717, 1.165) is 11.1 Å². The van der Waals surface area contributed by atoms with Gasteiger partial charge in [-0.05, 0) is 37.2 Å². The minimum atomic E-state index is -0.256. The smallest absolute Gasteiger partial charge is 0.237 e. The van der Waals surface area contributed by atoms with Gasteiger partial charge in [0.05, 0.1) is 6.04 Å². The number of hydrogen-bond acceptors (Lipinski definition) is 2. The maximum Gasteiger partial charge on any atom is 0.237 e. The molecule has 0 aliphatic carbocycles. The highest BCUT2D eigenvalue weighted by atomic mass is 19.1. The highest BCUT2D eigenvalue weighted by Crippen LogP contribution is 2.08. The van der Waals surface area contributed by atoms with E-state index in [1.165, 1.54) is 12.1 Å². The van der Waals surface area contributed by atoms with Crippen LogP contribution in [0.5, 0.6) is 0 Å². The Morgan fingerprint density at radius 2 is 1.73 bits per heavy atom. The zero-order chi connectivity index (χ0) is 15.9. The Morgan fingerprint density at radius 3 is 2.36 bits per heavy atom. The number of nitrogens with one attached hydrogen (secondary N) is 1. The van der Waals surface area contributed by atoms with Crippen molar-refractivity contribution in [2.45, 2.75) is 26.1 Å². The van der Waals surface area contributed by atoms with Crippen molar-refractivity contribution in [2.75, 3.05) is 7.05 Å². The first-order valence-corrected chi connectivity index (χ1v) is 7.32. The van der Waals surface area contributed by atoms with Gasteiger partial charge in [-0.25, -0.2) is 4.39 Å². The molecule has 0 saturated heterocycles. The number of rotatable bonds is 6. The van der Waals surface area contributed by atoms with Gasteiger partial charge in [-0.15, -0.1) is 0 Å². The van der Waals surface area contributed by atoms with Crippen LogP contribution in [0, 0.1) is 5.82 Å². The molecule has 0 saturated carbocycles. The molecule has 1 amide bonds. The number of likely N-dealkylation sites (N-methyl/N-ethyl adjacent to an activating group) is 1. The van der Waals surface area contributed by atoms with E-state index in [9.17, 15) is 9.18 Å². The van der Waals surface area contributed by atoms with Crippen molar-refractivity contribution in [2.24, 2.45) is 0 Å². The van der Waals surface area contributed by atoms with Gasteiger partial charge in [0, 0.05) is 13.1 Å². The summed E-state index contributed by atoms with van der Waals surface area (Å²) < 4.78 is 12.9. The Kier molecular flexibility index (Phi) is 5.67. The fourth-order valence-corrected chi connectivity index (χ4v) is 2.15. The van der Waals surface area contributed by atoms with E-state index >= 15 is 0 Å². The fourth-order valence-electron chi connectivity index (χ4n) is 2.15. The van der Waals surface area contributed by atoms with Crippen molar-refractivity contribution < 1.29 is 9.18 Å². The predicted molar refractivity (Wildman–Crippen MR) is 85.6 cm³/mol. The van der Waals surface area contributed by atoms with Crippen molar-refractivity contribution in [1.29, 1.82) is 0 Å². The molecule has 0 radical (unpaired) electrons. The van der Waals surface area contributed by atoms with Gasteiger partial charge in [-0.1, -0.05) is 42.5 Å². The van der Waals surface area contributed by atoms with Crippen molar-refractivity contribution in [3.63, 3.8) is 0 Å². The third kappa shape index (κ3) is 4.67. The summed E-state index contributed by atoms with van der Waals surface area (Å²) in [7, 11) is 1.89. The first-order valence-electron chi connectivity index (χ1n) is 7.32. The van der Waals surface area contributed by atoms with E-state index in [1.54, 1.807) is 12.1 Å². The van der Waals surface area contributed by atoms with E-state index in [0.29, 0.717) is 13.1 Å². The van der Waals surface area contributed by atoms with Crippen LogP contribution >= 0.6 is 0 Å². The molecule has 1 unspecified atom stereocenters. The zero-order valence-electron chi connectivity index (χ0n) is 12.9. The second kappa shape index (κ2) is 7.71. The maximum atomic E-state index is 12.9. The van der Waals surface area contributed by atoms with Crippen molar-refractivity contribution in [1.82, 2.24) is 10.2 Å². The molecular formula is C18H21FN2O. The van der Waals surface area contributed by atoms with Crippen LogP contribution in [0.2, 0.25) is 0 Å². The molecule has 0 fully saturated rings. The third-order valence-electron chi connectivity index (χ3n) is 3.70. The summed E-state index contributed by atoms with van der Waals surface area (Å²) in [6.07, 6.45) is 0. The Morgan fingerprint density at radius 1 is 1.09 bits per heavy atom. The summed E-state index contributed by atoms with van der Waals surface area (Å²) in [5, 5.41) is 2.93. The quantitative estimate of drug-likeness (QED) is 0.889. The van der Waals surface area contributed by atoms with E-state index in [1.807, 2.05) is 49.2 Å². The minimum absolute atomic E-state index is 0.0199. The number of hydrogen-bond donors (Lipinski definition) is 1. The average molecular weight is 300 g/mol. The molecule has 4 heteroatoms. The summed E-state index contributed by atoms with van der Waals surface area (Å²) in [5.41, 5.74) is 2.05. The Hall–Kier alpha value is -2.20. The second-order valence-electron chi connectivity index (χ2n) is 5.42. The van der Waals surface area contributed by atoms with Crippen LogP contribution < -0.4 is 5.32 Å². The molecule has 0 spiro atoms. The van der Waals surface area contributed by atoms with Crippen LogP contribution in [0.25, 0.3) is 0 Å². The van der Waals surface area contributed by atoms with Crippen LogP contribution in [0.3, 0.4) is 0 Å². The van der Waals surface area contributed by atoms with Gasteiger partial charge in [-0.3, -0.25) is 9.69 Å². The molecule has 3 nitrogen and oxygen atoms in total. The van der Waals surface area contributed by atoms with Crippen LogP contribution in [0.15, 0.2) is 54.6 Å². The highest BCUT2D eigenvalue weighted by Gasteiger charge is 2.17. The molecule has 0 aliphatic rings. The van der Waals surface area contributed by atoms with Gasteiger partial charge in [0.25, 0.3) is 0 Å². The van der Waals surface area contributed by atoms with Gasteiger partial charge in [0.2, 0.25) is 5.91 Å². The first kappa shape index (κ1) is 16.2. The predicted octanol–water partition coefficient (Wildman–Crippen LogP) is 2.96. The van der Waals surface area contributed by atoms with Gasteiger partial charge < -0.3 is 5.32 Å². The van der Waals surface area contributed by atoms with Crippen LogP contribution in [0.4, 0.5) is 4.39 Å². The summed E-state index contributed by atoms with van der Waals surface area (Å²) in [4.78, 5) is 14.1. The zero-order valence-corrected chi connectivity index (χ0v) is 12.9. The van der Waals surface area contributed by atoms with Gasteiger partial charge in [-0.2, -0.15) is 0 Å². The molecule has 2 rings (SSSR count). The minimum Gasteiger partial charge on any atom is -0.351 e. The molecular weight excluding hydrogens is 279 g/mol. The van der Waals surface area contributed by atoms with E-state index in [-0.39, 0.29) is 17.8 Å². The summed E-state index contributed by atoms with van der Waals surface area (Å²) in [5.74, 6) is -0.270. The van der Waals surface area contributed by atoms with Crippen molar-refractivity contribution in [3.8, 4) is 0 Å². The molecule has 2 aromatic rings. The standard InChI is InChI=1S/C18H21FN2O/c1-14(18(22)20-12-15-6-4-3-5-7-15)21(2)13-16-8-10-17(19)11-9-16/h3-11,14H,12-13H2,1-2H3,(H,20,22). The van der Waals surface area contributed by atoms with E-state index in [4.69, 9.17) is 0 Å². The molecule has 2 aromatic carbocycles. The summed E-state index contributed by atoms with van der Waals surface area (Å²) in [6, 6.07) is 15.9. The number of carbonyl (C=O) groups is 1. The van der Waals surface area contributed by atoms with Crippen molar-refractivity contribution >= 4 is 5.91 Å². The van der Waals surface area contributed by atoms with Gasteiger partial charge in [0.1, 0.15) is 5.82 Å². The van der Waals surface area contributed by atoms with Crippen LogP contribution in [0.1, 0.15) is 18.1 Å². The van der Waals surface area contributed by atoms with Gasteiger partial charge >= 0.3 is 0 Å².